The van der Waals surface area contributed by atoms with Gasteiger partial charge in [0.1, 0.15) is 0 Å². The molecule has 0 aromatic heterocycles. The van der Waals surface area contributed by atoms with Gasteiger partial charge in [0.15, 0.2) is 0 Å². The zero-order valence-electron chi connectivity index (χ0n) is 7.49. The summed E-state index contributed by atoms with van der Waals surface area (Å²) in [6, 6.07) is 0. The molecule has 0 rings (SSSR count). The van der Waals surface area contributed by atoms with Crippen LogP contribution in [-0.2, 0) is 9.47 Å². The number of amides is 2. The molecule has 0 spiro atoms. The predicted molar refractivity (Wildman–Crippen MR) is 41.8 cm³/mol. The molecular formula is C7H13NO4. The van der Waals surface area contributed by atoms with E-state index in [1.807, 2.05) is 0 Å². The largest absolute Gasteiger partial charge is 0.449 e. The molecule has 0 aliphatic carbocycles. The maximum Gasteiger partial charge on any atom is 0.419 e. The van der Waals surface area contributed by atoms with E-state index >= 15 is 0 Å². The molecule has 0 atom stereocenters. The Morgan fingerprint density at radius 3 is 1.67 bits per heavy atom. The highest BCUT2D eigenvalue weighted by atomic mass is 16.6. The molecule has 0 heterocycles. The van der Waals surface area contributed by atoms with Crippen LogP contribution < -0.4 is 0 Å². The zero-order chi connectivity index (χ0) is 9.56. The van der Waals surface area contributed by atoms with E-state index in [1.165, 1.54) is 7.05 Å². The summed E-state index contributed by atoms with van der Waals surface area (Å²) >= 11 is 0. The summed E-state index contributed by atoms with van der Waals surface area (Å²) in [5, 5.41) is 0. The molecule has 0 saturated carbocycles. The van der Waals surface area contributed by atoms with Crippen LogP contribution in [0.4, 0.5) is 9.59 Å². The Bertz CT molecular complexity index is 151. The van der Waals surface area contributed by atoms with E-state index in [4.69, 9.17) is 0 Å². The first-order valence-corrected chi connectivity index (χ1v) is 3.70. The zero-order valence-corrected chi connectivity index (χ0v) is 7.49. The van der Waals surface area contributed by atoms with Gasteiger partial charge in [-0.15, -0.1) is 0 Å². The minimum atomic E-state index is -0.698. The van der Waals surface area contributed by atoms with Crippen LogP contribution in [0.2, 0.25) is 0 Å². The number of imide groups is 1. The van der Waals surface area contributed by atoms with Gasteiger partial charge in [-0.05, 0) is 13.8 Å². The van der Waals surface area contributed by atoms with E-state index < -0.39 is 12.2 Å². The summed E-state index contributed by atoms with van der Waals surface area (Å²) in [7, 11) is 1.30. The SMILES string of the molecule is CCOC(=O)N(C)C(=O)OCC. The van der Waals surface area contributed by atoms with Crippen molar-refractivity contribution in [2.45, 2.75) is 13.8 Å². The molecule has 70 valence electrons. The molecule has 0 aromatic carbocycles. The fraction of sp³-hybridized carbons (Fsp3) is 0.714. The first-order chi connectivity index (χ1) is 5.63. The van der Waals surface area contributed by atoms with Crippen molar-refractivity contribution in [1.82, 2.24) is 4.90 Å². The van der Waals surface area contributed by atoms with E-state index in [0.717, 1.165) is 4.90 Å². The van der Waals surface area contributed by atoms with Crippen molar-refractivity contribution in [1.29, 1.82) is 0 Å². The molecule has 0 radical (unpaired) electrons. The summed E-state index contributed by atoms with van der Waals surface area (Å²) in [6.45, 7) is 3.80. The summed E-state index contributed by atoms with van der Waals surface area (Å²) in [5.74, 6) is 0. The number of hydrogen-bond acceptors (Lipinski definition) is 4. The van der Waals surface area contributed by atoms with Gasteiger partial charge in [0.25, 0.3) is 0 Å². The second kappa shape index (κ2) is 5.40. The first-order valence-electron chi connectivity index (χ1n) is 3.70. The lowest BCUT2D eigenvalue weighted by atomic mass is 10.8. The van der Waals surface area contributed by atoms with E-state index in [9.17, 15) is 9.59 Å². The quantitative estimate of drug-likeness (QED) is 0.633. The Morgan fingerprint density at radius 2 is 1.42 bits per heavy atom. The Labute approximate surface area is 71.2 Å². The highest BCUT2D eigenvalue weighted by molar-refractivity contribution is 5.87. The van der Waals surface area contributed by atoms with Crippen LogP contribution in [-0.4, -0.2) is 37.3 Å². The van der Waals surface area contributed by atoms with Gasteiger partial charge in [-0.3, -0.25) is 0 Å². The molecular weight excluding hydrogens is 162 g/mol. The molecule has 2 amide bonds. The fourth-order valence-electron chi connectivity index (χ4n) is 0.515. The summed E-state index contributed by atoms with van der Waals surface area (Å²) < 4.78 is 9.11. The monoisotopic (exact) mass is 175 g/mol. The average molecular weight is 175 g/mol. The standard InChI is InChI=1S/C7H13NO4/c1-4-11-6(9)8(3)7(10)12-5-2/h4-5H2,1-3H3. The Kier molecular flexibility index (Phi) is 4.83. The highest BCUT2D eigenvalue weighted by Gasteiger charge is 2.17. The molecule has 0 unspecified atom stereocenters. The molecule has 0 saturated heterocycles. The van der Waals surface area contributed by atoms with Crippen molar-refractivity contribution in [3.05, 3.63) is 0 Å². The molecule has 0 fully saturated rings. The number of ether oxygens (including phenoxy) is 2. The summed E-state index contributed by atoms with van der Waals surface area (Å²) in [5.41, 5.74) is 0. The van der Waals surface area contributed by atoms with E-state index in [-0.39, 0.29) is 13.2 Å². The van der Waals surface area contributed by atoms with Gasteiger partial charge in [-0.2, -0.15) is 0 Å². The van der Waals surface area contributed by atoms with Crippen LogP contribution in [0.15, 0.2) is 0 Å². The van der Waals surface area contributed by atoms with E-state index in [1.54, 1.807) is 13.8 Å². The topological polar surface area (TPSA) is 55.8 Å². The highest BCUT2D eigenvalue weighted by Crippen LogP contribution is 1.94. The van der Waals surface area contributed by atoms with E-state index in [0.29, 0.717) is 0 Å². The smallest absolute Gasteiger partial charge is 0.419 e. The summed E-state index contributed by atoms with van der Waals surface area (Å²) in [4.78, 5) is 22.5. The minimum Gasteiger partial charge on any atom is -0.449 e. The second-order valence-corrected chi connectivity index (χ2v) is 1.96. The van der Waals surface area contributed by atoms with Gasteiger partial charge in [0, 0.05) is 7.05 Å². The lowest BCUT2D eigenvalue weighted by Gasteiger charge is -2.13. The molecule has 0 aliphatic rings. The van der Waals surface area contributed by atoms with Crippen molar-refractivity contribution in [2.75, 3.05) is 20.3 Å². The molecule has 12 heavy (non-hydrogen) atoms. The van der Waals surface area contributed by atoms with Gasteiger partial charge in [0.05, 0.1) is 13.2 Å². The third-order valence-corrected chi connectivity index (χ3v) is 1.08. The van der Waals surface area contributed by atoms with Crippen LogP contribution in [0, 0.1) is 0 Å². The van der Waals surface area contributed by atoms with Crippen molar-refractivity contribution in [3.8, 4) is 0 Å². The average Bonchev–Trinajstić information content (AvgIpc) is 2.04. The van der Waals surface area contributed by atoms with Gasteiger partial charge in [0.2, 0.25) is 0 Å². The van der Waals surface area contributed by atoms with Crippen LogP contribution in [0.25, 0.3) is 0 Å². The number of hydrogen-bond donors (Lipinski definition) is 0. The first kappa shape index (κ1) is 10.7. The van der Waals surface area contributed by atoms with Crippen LogP contribution >= 0.6 is 0 Å². The number of carbonyl (C=O) groups excluding carboxylic acids is 2. The van der Waals surface area contributed by atoms with Crippen molar-refractivity contribution >= 4 is 12.2 Å². The van der Waals surface area contributed by atoms with Crippen molar-refractivity contribution in [2.24, 2.45) is 0 Å². The molecule has 0 aromatic rings. The molecule has 5 nitrogen and oxygen atoms in total. The summed E-state index contributed by atoms with van der Waals surface area (Å²) in [6.07, 6.45) is -1.40. The number of rotatable bonds is 2. The fourth-order valence-corrected chi connectivity index (χ4v) is 0.515. The Morgan fingerprint density at radius 1 is 1.08 bits per heavy atom. The van der Waals surface area contributed by atoms with Crippen molar-refractivity contribution < 1.29 is 19.1 Å². The third-order valence-electron chi connectivity index (χ3n) is 1.08. The Balaban J connectivity index is 3.91. The lowest BCUT2D eigenvalue weighted by molar-refractivity contribution is 0.0896. The van der Waals surface area contributed by atoms with Crippen LogP contribution in [0.3, 0.4) is 0 Å². The van der Waals surface area contributed by atoms with Crippen LogP contribution in [0.1, 0.15) is 13.8 Å². The Hall–Kier alpha value is -1.26. The normalized spacial score (nSPS) is 8.92. The predicted octanol–water partition coefficient (Wildman–Crippen LogP) is 1.23. The van der Waals surface area contributed by atoms with E-state index in [2.05, 4.69) is 9.47 Å². The third kappa shape index (κ3) is 3.23. The second-order valence-electron chi connectivity index (χ2n) is 1.96. The minimum absolute atomic E-state index is 0.239. The van der Waals surface area contributed by atoms with Gasteiger partial charge in [-0.25, -0.2) is 14.5 Å². The van der Waals surface area contributed by atoms with Gasteiger partial charge < -0.3 is 9.47 Å². The van der Waals surface area contributed by atoms with Crippen LogP contribution in [0.5, 0.6) is 0 Å². The molecule has 0 bridgehead atoms. The number of carbonyl (C=O) groups is 2. The molecule has 0 aliphatic heterocycles. The maximum absolute atomic E-state index is 10.9. The lowest BCUT2D eigenvalue weighted by Crippen LogP contribution is -2.34. The maximum atomic E-state index is 10.9. The van der Waals surface area contributed by atoms with Gasteiger partial charge >= 0.3 is 12.2 Å². The van der Waals surface area contributed by atoms with Gasteiger partial charge in [-0.1, -0.05) is 0 Å². The van der Waals surface area contributed by atoms with Crippen molar-refractivity contribution in [3.63, 3.8) is 0 Å². The number of nitrogens with zero attached hydrogens (tertiary/aromatic N) is 1. The molecule has 0 N–H and O–H groups in total. The molecule has 5 heteroatoms.